The van der Waals surface area contributed by atoms with E-state index in [2.05, 4.69) is 4.52 Å². The zero-order chi connectivity index (χ0) is 8.91. The van der Waals surface area contributed by atoms with Gasteiger partial charge in [0.25, 0.3) is 0 Å². The molecule has 0 aliphatic heterocycles. The number of nitrogens with two attached hydrogens (primary N) is 1. The zero-order valence-corrected chi connectivity index (χ0v) is 7.53. The second-order valence-corrected chi connectivity index (χ2v) is 4.62. The van der Waals surface area contributed by atoms with E-state index in [1.165, 1.54) is 6.92 Å². The van der Waals surface area contributed by atoms with Crippen molar-refractivity contribution >= 4 is 7.94 Å². The van der Waals surface area contributed by atoms with E-state index in [9.17, 15) is 0 Å². The molecule has 0 bridgehead atoms. The van der Waals surface area contributed by atoms with Gasteiger partial charge in [0.1, 0.15) is 0 Å². The first kappa shape index (κ1) is 11.2. The first-order chi connectivity index (χ1) is 4.98. The fraction of sp³-hybridized carbons (Fsp3) is 1.00. The monoisotopic (exact) mass is 185 g/mol. The third-order valence-electron chi connectivity index (χ3n) is 1.01. The van der Waals surface area contributed by atoms with Crippen molar-refractivity contribution in [2.45, 2.75) is 13.0 Å². The number of rotatable bonds is 5. The summed E-state index contributed by atoms with van der Waals surface area (Å²) in [6.45, 7) is 1.83. The fourth-order valence-corrected chi connectivity index (χ4v) is 2.00. The standard InChI is InChI=1S/C5H16NO4P/c1-5(7)4-11(8,9)10-3-2-6/h5,7-9,11H,2-4,6H2,1H3. The molecule has 0 heterocycles. The first-order valence-corrected chi connectivity index (χ1v) is 5.46. The molecule has 1 atom stereocenters. The van der Waals surface area contributed by atoms with E-state index < -0.39 is 14.0 Å². The van der Waals surface area contributed by atoms with E-state index in [0.29, 0.717) is 0 Å². The van der Waals surface area contributed by atoms with Crippen molar-refractivity contribution in [2.75, 3.05) is 19.3 Å². The Morgan fingerprint density at radius 2 is 2.09 bits per heavy atom. The maximum atomic E-state index is 9.07. The normalized spacial score (nSPS) is 16.5. The summed E-state index contributed by atoms with van der Waals surface area (Å²) in [6, 6.07) is 0. The Balaban J connectivity index is 3.61. The molecule has 0 aromatic heterocycles. The van der Waals surface area contributed by atoms with Crippen LogP contribution in [0.4, 0.5) is 0 Å². The van der Waals surface area contributed by atoms with Crippen LogP contribution >= 0.6 is 7.94 Å². The molecule has 0 saturated heterocycles. The average Bonchev–Trinajstić information content (AvgIpc) is 1.81. The van der Waals surface area contributed by atoms with Gasteiger partial charge in [0, 0.05) is 0 Å². The van der Waals surface area contributed by atoms with Crippen LogP contribution < -0.4 is 5.73 Å². The molecule has 0 aliphatic rings. The Morgan fingerprint density at radius 1 is 1.55 bits per heavy atom. The number of hydrogen-bond acceptors (Lipinski definition) is 5. The number of aliphatic hydroxyl groups excluding tert-OH is 1. The summed E-state index contributed by atoms with van der Waals surface area (Å²) in [7, 11) is -3.62. The van der Waals surface area contributed by atoms with Crippen LogP contribution in [0.25, 0.3) is 0 Å². The quantitative estimate of drug-likeness (QED) is 0.404. The summed E-state index contributed by atoms with van der Waals surface area (Å²) in [6.07, 6.45) is -0.859. The van der Waals surface area contributed by atoms with E-state index in [1.807, 2.05) is 0 Å². The molecule has 11 heavy (non-hydrogen) atoms. The van der Waals surface area contributed by atoms with Crippen LogP contribution in [0.1, 0.15) is 6.92 Å². The topological polar surface area (TPSA) is 95.9 Å². The van der Waals surface area contributed by atoms with Crippen LogP contribution in [0.5, 0.6) is 0 Å². The molecule has 70 valence electrons. The Hall–Kier alpha value is 0.230. The molecule has 5 N–H and O–H groups in total. The van der Waals surface area contributed by atoms with Gasteiger partial charge in [0.2, 0.25) is 0 Å². The second kappa shape index (κ2) is 4.98. The summed E-state index contributed by atoms with van der Waals surface area (Å²) in [5.41, 5.74) is 5.08. The molecule has 0 rings (SSSR count). The Kier molecular flexibility index (Phi) is 5.08. The molecular weight excluding hydrogens is 169 g/mol. The fourth-order valence-electron chi connectivity index (χ4n) is 0.666. The molecule has 0 aliphatic carbocycles. The average molecular weight is 185 g/mol. The Bertz CT molecular complexity index is 109. The van der Waals surface area contributed by atoms with Crippen molar-refractivity contribution in [1.29, 1.82) is 0 Å². The van der Waals surface area contributed by atoms with Gasteiger partial charge >= 0.3 is 65.4 Å². The molecule has 0 amide bonds. The molecule has 0 spiro atoms. The van der Waals surface area contributed by atoms with Crippen molar-refractivity contribution < 1.29 is 19.4 Å². The van der Waals surface area contributed by atoms with E-state index in [0.717, 1.165) is 0 Å². The first-order valence-electron chi connectivity index (χ1n) is 3.45. The van der Waals surface area contributed by atoms with Gasteiger partial charge < -0.3 is 0 Å². The maximum absolute atomic E-state index is 9.07. The second-order valence-electron chi connectivity index (χ2n) is 2.43. The Labute approximate surface area is 66.4 Å². The van der Waals surface area contributed by atoms with Crippen LogP contribution in [-0.2, 0) is 4.52 Å². The van der Waals surface area contributed by atoms with Crippen molar-refractivity contribution in [1.82, 2.24) is 0 Å². The van der Waals surface area contributed by atoms with Crippen molar-refractivity contribution in [2.24, 2.45) is 5.73 Å². The summed E-state index contributed by atoms with van der Waals surface area (Å²) in [5.74, 6) is 0. The van der Waals surface area contributed by atoms with E-state index in [4.69, 9.17) is 20.6 Å². The van der Waals surface area contributed by atoms with E-state index >= 15 is 0 Å². The minimum absolute atomic E-state index is 0.104. The minimum atomic E-state index is -3.62. The predicted molar refractivity (Wildman–Crippen MR) is 44.3 cm³/mol. The zero-order valence-electron chi connectivity index (χ0n) is 6.53. The van der Waals surface area contributed by atoms with Crippen LogP contribution in [0.2, 0.25) is 0 Å². The molecule has 6 heteroatoms. The van der Waals surface area contributed by atoms with Gasteiger partial charge in [-0.15, -0.1) is 0 Å². The van der Waals surface area contributed by atoms with Gasteiger partial charge in [-0.1, -0.05) is 0 Å². The van der Waals surface area contributed by atoms with Gasteiger partial charge in [-0.3, -0.25) is 0 Å². The molecule has 5 nitrogen and oxygen atoms in total. The summed E-state index contributed by atoms with van der Waals surface area (Å²) < 4.78 is 4.65. The number of aliphatic hydroxyl groups is 1. The van der Waals surface area contributed by atoms with Gasteiger partial charge in [0.15, 0.2) is 0 Å². The SMILES string of the molecule is CC(O)C[PH](O)(O)OCCN. The molecule has 0 saturated carbocycles. The summed E-state index contributed by atoms with van der Waals surface area (Å²) in [5, 5.41) is 8.79. The molecule has 0 radical (unpaired) electrons. The van der Waals surface area contributed by atoms with Crippen molar-refractivity contribution in [3.63, 3.8) is 0 Å². The third-order valence-corrected chi connectivity index (χ3v) is 2.80. The molecule has 0 aromatic rings. The van der Waals surface area contributed by atoms with Gasteiger partial charge in [-0.2, -0.15) is 0 Å². The van der Waals surface area contributed by atoms with Gasteiger partial charge in [-0.05, 0) is 0 Å². The van der Waals surface area contributed by atoms with Gasteiger partial charge in [0.05, 0.1) is 0 Å². The molecular formula is C5H16NO4P. The van der Waals surface area contributed by atoms with Crippen LogP contribution in [0.3, 0.4) is 0 Å². The summed E-state index contributed by atoms with van der Waals surface area (Å²) in [4.78, 5) is 18.1. The van der Waals surface area contributed by atoms with E-state index in [1.54, 1.807) is 0 Å². The van der Waals surface area contributed by atoms with Crippen molar-refractivity contribution in [3.05, 3.63) is 0 Å². The van der Waals surface area contributed by atoms with Crippen LogP contribution in [-0.4, -0.2) is 40.3 Å². The molecule has 1 unspecified atom stereocenters. The molecule has 0 aromatic carbocycles. The predicted octanol–water partition coefficient (Wildman–Crippen LogP) is -1.18. The summed E-state index contributed by atoms with van der Waals surface area (Å²) >= 11 is 0. The van der Waals surface area contributed by atoms with Crippen LogP contribution in [0, 0.1) is 0 Å². The third kappa shape index (κ3) is 6.62. The molecule has 0 fully saturated rings. The van der Waals surface area contributed by atoms with Crippen LogP contribution in [0.15, 0.2) is 0 Å². The van der Waals surface area contributed by atoms with Gasteiger partial charge in [-0.25, -0.2) is 0 Å². The number of hydrogen-bond donors (Lipinski definition) is 4. The Morgan fingerprint density at radius 3 is 2.45 bits per heavy atom. The van der Waals surface area contributed by atoms with E-state index in [-0.39, 0.29) is 19.3 Å². The van der Waals surface area contributed by atoms with Crippen molar-refractivity contribution in [3.8, 4) is 0 Å².